The van der Waals surface area contributed by atoms with Gasteiger partial charge in [-0.15, -0.1) is 0 Å². The van der Waals surface area contributed by atoms with Gasteiger partial charge in [0.2, 0.25) is 11.8 Å². The first-order chi connectivity index (χ1) is 27.3. The summed E-state index contributed by atoms with van der Waals surface area (Å²) in [7, 11) is 6.60. The molecule has 2 rings (SSSR count). The molecule has 13 heteroatoms. The maximum absolute atomic E-state index is 14.5. The summed E-state index contributed by atoms with van der Waals surface area (Å²) in [6.45, 7) is 14.5. The van der Waals surface area contributed by atoms with Gasteiger partial charge in [-0.1, -0.05) is 85.2 Å². The summed E-state index contributed by atoms with van der Waals surface area (Å²) in [5, 5.41) is 19.1. The molecule has 13 nitrogen and oxygen atoms in total. The van der Waals surface area contributed by atoms with Crippen LogP contribution in [0.2, 0.25) is 0 Å². The number of carbonyl (C=O) groups is 6. The fraction of sp³-hybridized carbons (Fsp3) is 0.733. The second-order valence-corrected chi connectivity index (χ2v) is 17.2. The third-order valence-corrected chi connectivity index (χ3v) is 12.4. The number of hydrogen-bond acceptors (Lipinski definition) is 9. The van der Waals surface area contributed by atoms with Crippen molar-refractivity contribution in [2.45, 2.75) is 137 Å². The number of ketones is 2. The number of carboxylic acid groups (broad SMARTS) is 2. The highest BCUT2D eigenvalue weighted by Crippen LogP contribution is 2.32. The van der Waals surface area contributed by atoms with E-state index < -0.39 is 60.0 Å². The molecule has 0 spiro atoms. The van der Waals surface area contributed by atoms with Crippen molar-refractivity contribution in [1.29, 1.82) is 0 Å². The molecule has 2 N–H and O–H groups in total. The Balaban J connectivity index is 2.27. The molecular weight excluding hydrogens is 743 g/mol. The number of hydrogen-bond donors (Lipinski definition) is 2. The van der Waals surface area contributed by atoms with Crippen LogP contribution in [0.25, 0.3) is 0 Å². The minimum absolute atomic E-state index is 0.0101. The summed E-state index contributed by atoms with van der Waals surface area (Å²) in [5.41, 5.74) is 0.837. The van der Waals surface area contributed by atoms with E-state index >= 15 is 0 Å². The van der Waals surface area contributed by atoms with Gasteiger partial charge in [0.25, 0.3) is 0 Å². The molecule has 0 unspecified atom stereocenters. The molecule has 1 aliphatic rings. The van der Waals surface area contributed by atoms with Gasteiger partial charge in [-0.25, -0.2) is 0 Å². The standard InChI is InChI=1S/C45H73N3O10/c1-12-30(6)42(47(9)44(54)34(28(2)3)26-37(50)41(29(4)5)46(8)22-17-21-40(52)53)38(57-10)27-39(51)48-23-16-20-35(48)43(58-11)31(7)36(49)25-33(45(55)56)24-32-18-14-13-15-19-32/h13-15,18-19,28-31,33-35,38,41-43H,12,16-17,20-27H2,1-11H3,(H,52,53)(H,55,56)/t30-,31-,33+,34-,35-,38+,41-,42-,43+/m0/s1. The van der Waals surface area contributed by atoms with Gasteiger partial charge < -0.3 is 29.5 Å². The lowest BCUT2D eigenvalue weighted by Gasteiger charge is -2.41. The SMILES string of the molecule is CC[C@H](C)[C@@H]([C@@H](CC(=O)N1CCC[C@H]1[C@H](OC)[C@@H](C)C(=O)C[C@@H](Cc1ccccc1)C(=O)O)OC)N(C)C(=O)[C@@H](CC(=O)[C@H](C(C)C)N(C)CCCC(=O)O)C(C)C. The van der Waals surface area contributed by atoms with Crippen molar-refractivity contribution in [3.63, 3.8) is 0 Å². The first kappa shape index (κ1) is 50.5. The Bertz CT molecular complexity index is 1490. The van der Waals surface area contributed by atoms with Crippen LogP contribution in [0.15, 0.2) is 30.3 Å². The van der Waals surface area contributed by atoms with E-state index in [0.29, 0.717) is 38.8 Å². The van der Waals surface area contributed by atoms with Gasteiger partial charge in [0.15, 0.2) is 5.78 Å². The molecule has 0 saturated carbocycles. The molecular formula is C45H73N3O10. The molecule has 1 fully saturated rings. The molecule has 328 valence electrons. The zero-order valence-electron chi connectivity index (χ0n) is 37.0. The molecule has 1 aromatic rings. The minimum Gasteiger partial charge on any atom is -0.481 e. The van der Waals surface area contributed by atoms with E-state index in [0.717, 1.165) is 5.56 Å². The van der Waals surface area contributed by atoms with Gasteiger partial charge in [0, 0.05) is 58.9 Å². The molecule has 9 atom stereocenters. The average molecular weight is 816 g/mol. The van der Waals surface area contributed by atoms with Gasteiger partial charge in [-0.2, -0.15) is 0 Å². The number of carbonyl (C=O) groups excluding carboxylic acids is 4. The van der Waals surface area contributed by atoms with E-state index in [1.165, 1.54) is 14.2 Å². The first-order valence-electron chi connectivity index (χ1n) is 21.2. The van der Waals surface area contributed by atoms with Crippen LogP contribution in [-0.2, 0) is 44.7 Å². The molecule has 0 aliphatic carbocycles. The van der Waals surface area contributed by atoms with E-state index in [1.807, 2.05) is 83.8 Å². The van der Waals surface area contributed by atoms with Crippen molar-refractivity contribution in [3.05, 3.63) is 35.9 Å². The van der Waals surface area contributed by atoms with E-state index in [9.17, 15) is 33.9 Å². The van der Waals surface area contributed by atoms with Gasteiger partial charge >= 0.3 is 11.9 Å². The topological polar surface area (TPSA) is 171 Å². The molecule has 1 heterocycles. The number of aliphatic carboxylic acids is 2. The Morgan fingerprint density at radius 3 is 2.02 bits per heavy atom. The normalized spacial score (nSPS) is 18.7. The second kappa shape index (κ2) is 24.4. The number of likely N-dealkylation sites (N-methyl/N-ethyl adjacent to an activating group) is 2. The van der Waals surface area contributed by atoms with Crippen LogP contribution in [0.1, 0.15) is 105 Å². The summed E-state index contributed by atoms with van der Waals surface area (Å²) in [6, 6.07) is 7.86. The Morgan fingerprint density at radius 2 is 1.50 bits per heavy atom. The molecule has 0 aromatic heterocycles. The number of methoxy groups -OCH3 is 2. The highest BCUT2D eigenvalue weighted by atomic mass is 16.5. The molecule has 1 aromatic carbocycles. The quantitative estimate of drug-likeness (QED) is 0.109. The minimum atomic E-state index is -1.04. The van der Waals surface area contributed by atoms with Gasteiger partial charge in [-0.3, -0.25) is 33.7 Å². The van der Waals surface area contributed by atoms with Gasteiger partial charge in [0.05, 0.1) is 42.7 Å². The van der Waals surface area contributed by atoms with Crippen LogP contribution < -0.4 is 0 Å². The number of amides is 2. The van der Waals surface area contributed by atoms with Crippen LogP contribution in [0.4, 0.5) is 0 Å². The highest BCUT2D eigenvalue weighted by Gasteiger charge is 2.43. The number of ether oxygens (including phenoxy) is 2. The molecule has 2 amide bonds. The lowest BCUT2D eigenvalue weighted by Crippen LogP contribution is -2.54. The predicted octanol–water partition coefficient (Wildman–Crippen LogP) is 5.86. The monoisotopic (exact) mass is 816 g/mol. The van der Waals surface area contributed by atoms with Crippen molar-refractivity contribution in [1.82, 2.24) is 14.7 Å². The highest BCUT2D eigenvalue weighted by molar-refractivity contribution is 5.90. The van der Waals surface area contributed by atoms with Crippen molar-refractivity contribution in [3.8, 4) is 0 Å². The number of Topliss-reactive ketones (excluding diaryl/α,β-unsaturated/α-hetero) is 2. The summed E-state index contributed by atoms with van der Waals surface area (Å²) in [6.07, 6.45) is 1.24. The van der Waals surface area contributed by atoms with Crippen LogP contribution in [-0.4, -0.2) is 132 Å². The van der Waals surface area contributed by atoms with Crippen molar-refractivity contribution in [2.24, 2.45) is 35.5 Å². The van der Waals surface area contributed by atoms with Gasteiger partial charge in [0.1, 0.15) is 5.78 Å². The fourth-order valence-corrected chi connectivity index (χ4v) is 8.87. The number of rotatable bonds is 27. The van der Waals surface area contributed by atoms with E-state index in [2.05, 4.69) is 0 Å². The average Bonchev–Trinajstić information content (AvgIpc) is 3.65. The van der Waals surface area contributed by atoms with Crippen molar-refractivity contribution in [2.75, 3.05) is 41.4 Å². The summed E-state index contributed by atoms with van der Waals surface area (Å²) in [4.78, 5) is 84.9. The third kappa shape index (κ3) is 14.3. The smallest absolute Gasteiger partial charge is 0.307 e. The summed E-state index contributed by atoms with van der Waals surface area (Å²) >= 11 is 0. The van der Waals surface area contributed by atoms with Crippen LogP contribution in [0.3, 0.4) is 0 Å². The van der Waals surface area contributed by atoms with Crippen LogP contribution >= 0.6 is 0 Å². The maximum Gasteiger partial charge on any atom is 0.307 e. The molecule has 58 heavy (non-hydrogen) atoms. The zero-order chi connectivity index (χ0) is 43.9. The largest absolute Gasteiger partial charge is 0.481 e. The molecule has 0 bridgehead atoms. The first-order valence-corrected chi connectivity index (χ1v) is 21.2. The molecule has 0 radical (unpaired) electrons. The Morgan fingerprint density at radius 1 is 0.862 bits per heavy atom. The number of nitrogens with zero attached hydrogens (tertiary/aromatic N) is 3. The zero-order valence-corrected chi connectivity index (χ0v) is 37.0. The third-order valence-electron chi connectivity index (χ3n) is 12.4. The van der Waals surface area contributed by atoms with Gasteiger partial charge in [-0.05, 0) is 62.6 Å². The van der Waals surface area contributed by atoms with Crippen molar-refractivity contribution < 1.29 is 48.5 Å². The summed E-state index contributed by atoms with van der Waals surface area (Å²) in [5.74, 6) is -5.04. The fourth-order valence-electron chi connectivity index (χ4n) is 8.87. The van der Waals surface area contributed by atoms with Crippen LogP contribution in [0, 0.1) is 35.5 Å². The summed E-state index contributed by atoms with van der Waals surface area (Å²) < 4.78 is 12.0. The Kier molecular flexibility index (Phi) is 21.2. The number of likely N-dealkylation sites (tertiary alicyclic amines) is 1. The number of carboxylic acids is 2. The lowest BCUT2D eigenvalue weighted by atomic mass is 9.83. The maximum atomic E-state index is 14.5. The second-order valence-electron chi connectivity index (χ2n) is 17.2. The Labute approximate surface area is 347 Å². The van der Waals surface area contributed by atoms with E-state index in [4.69, 9.17) is 14.6 Å². The lowest BCUT2D eigenvalue weighted by molar-refractivity contribution is -0.149. The van der Waals surface area contributed by atoms with E-state index in [1.54, 1.807) is 23.8 Å². The molecule has 1 aliphatic heterocycles. The van der Waals surface area contributed by atoms with E-state index in [-0.39, 0.29) is 73.2 Å². The molecule has 1 saturated heterocycles. The number of benzene rings is 1. The van der Waals surface area contributed by atoms with Crippen LogP contribution in [0.5, 0.6) is 0 Å². The van der Waals surface area contributed by atoms with Crippen molar-refractivity contribution >= 4 is 35.3 Å². The predicted molar refractivity (Wildman–Crippen MR) is 223 cm³/mol. The Hall–Kier alpha value is -3.68.